The first-order chi connectivity index (χ1) is 10.0. The number of amides is 1. The van der Waals surface area contributed by atoms with Gasteiger partial charge in [0.25, 0.3) is 5.91 Å². The predicted molar refractivity (Wildman–Crippen MR) is 83.5 cm³/mol. The number of fused-ring (bicyclic) bond motifs is 1. The molecule has 112 valence electrons. The molecule has 1 amide bonds. The molecule has 1 heterocycles. The van der Waals surface area contributed by atoms with E-state index in [1.54, 1.807) is 12.1 Å². The lowest BCUT2D eigenvalue weighted by Gasteiger charge is -2.14. The molecule has 0 fully saturated rings. The van der Waals surface area contributed by atoms with E-state index in [0.717, 1.165) is 23.7 Å². The van der Waals surface area contributed by atoms with Crippen LogP contribution in [0.3, 0.4) is 0 Å². The second kappa shape index (κ2) is 7.07. The highest BCUT2D eigenvalue weighted by molar-refractivity contribution is 6.68. The standard InChI is InChI=1S/C14H18BClN2O3/c1-18(6-7-19)5-4-17-14(20)10-8-12-11(13(16)9-10)2-3-15(12)21/h7-9,21H,2-6H2,1H3,(H,17,20). The van der Waals surface area contributed by atoms with Crippen molar-refractivity contribution >= 4 is 36.2 Å². The number of aldehydes is 1. The Morgan fingerprint density at radius 2 is 2.33 bits per heavy atom. The first-order valence-electron chi connectivity index (χ1n) is 6.93. The maximum absolute atomic E-state index is 12.1. The van der Waals surface area contributed by atoms with Crippen LogP contribution in [-0.2, 0) is 11.2 Å². The Kier molecular flexibility index (Phi) is 5.39. The first-order valence-corrected chi connectivity index (χ1v) is 7.31. The van der Waals surface area contributed by atoms with Gasteiger partial charge in [0.1, 0.15) is 6.29 Å². The number of carbonyl (C=O) groups is 2. The largest absolute Gasteiger partial charge is 0.446 e. The Labute approximate surface area is 129 Å². The van der Waals surface area contributed by atoms with Gasteiger partial charge in [0, 0.05) is 23.7 Å². The van der Waals surface area contributed by atoms with Gasteiger partial charge in [0.15, 0.2) is 0 Å². The van der Waals surface area contributed by atoms with Crippen LogP contribution in [0, 0.1) is 0 Å². The van der Waals surface area contributed by atoms with Gasteiger partial charge < -0.3 is 15.1 Å². The molecule has 7 heteroatoms. The Hall–Kier alpha value is -1.37. The van der Waals surface area contributed by atoms with Gasteiger partial charge in [0.05, 0.1) is 6.54 Å². The second-order valence-corrected chi connectivity index (χ2v) is 5.67. The molecule has 1 aliphatic heterocycles. The number of halogens is 1. The summed E-state index contributed by atoms with van der Waals surface area (Å²) in [5.74, 6) is -0.224. The van der Waals surface area contributed by atoms with Crippen LogP contribution in [0.4, 0.5) is 0 Å². The van der Waals surface area contributed by atoms with E-state index in [1.165, 1.54) is 0 Å². The molecular formula is C14H18BClN2O3. The van der Waals surface area contributed by atoms with Crippen molar-refractivity contribution in [1.29, 1.82) is 0 Å². The molecule has 0 aliphatic carbocycles. The second-order valence-electron chi connectivity index (χ2n) is 5.27. The zero-order chi connectivity index (χ0) is 15.4. The van der Waals surface area contributed by atoms with Gasteiger partial charge in [-0.2, -0.15) is 0 Å². The number of likely N-dealkylation sites (N-methyl/N-ethyl adjacent to an activating group) is 1. The van der Waals surface area contributed by atoms with Crippen LogP contribution in [-0.4, -0.2) is 55.7 Å². The normalized spacial score (nSPS) is 13.4. The number of hydrogen-bond donors (Lipinski definition) is 2. The van der Waals surface area contributed by atoms with Crippen molar-refractivity contribution in [2.24, 2.45) is 0 Å². The average molecular weight is 309 g/mol. The lowest BCUT2D eigenvalue weighted by atomic mass is 9.63. The van der Waals surface area contributed by atoms with Gasteiger partial charge in [-0.1, -0.05) is 17.7 Å². The number of benzene rings is 1. The number of nitrogens with zero attached hydrogens (tertiary/aromatic N) is 1. The molecular weight excluding hydrogens is 290 g/mol. The van der Waals surface area contributed by atoms with Crippen LogP contribution in [0.2, 0.25) is 11.3 Å². The molecule has 2 rings (SSSR count). The predicted octanol–water partition coefficient (Wildman–Crippen LogP) is -0.0526. The van der Waals surface area contributed by atoms with Crippen molar-refractivity contribution in [1.82, 2.24) is 10.2 Å². The fourth-order valence-corrected chi connectivity index (χ4v) is 2.79. The van der Waals surface area contributed by atoms with E-state index in [1.807, 2.05) is 11.9 Å². The summed E-state index contributed by atoms with van der Waals surface area (Å²) in [6.45, 7) is 0.836. The Bertz CT molecular complexity index is 553. The average Bonchev–Trinajstić information content (AvgIpc) is 2.81. The smallest absolute Gasteiger partial charge is 0.324 e. The van der Waals surface area contributed by atoms with Crippen molar-refractivity contribution in [2.45, 2.75) is 12.7 Å². The fourth-order valence-electron chi connectivity index (χ4n) is 2.47. The maximum Gasteiger partial charge on any atom is 0.324 e. The molecule has 1 aromatic carbocycles. The molecule has 0 aromatic heterocycles. The zero-order valence-electron chi connectivity index (χ0n) is 11.9. The molecule has 1 aromatic rings. The summed E-state index contributed by atoms with van der Waals surface area (Å²) in [6, 6.07) is 3.35. The maximum atomic E-state index is 12.1. The number of carbonyl (C=O) groups excluding carboxylic acids is 2. The lowest BCUT2D eigenvalue weighted by molar-refractivity contribution is -0.108. The van der Waals surface area contributed by atoms with E-state index in [0.29, 0.717) is 36.5 Å². The number of rotatable bonds is 6. The Morgan fingerprint density at radius 3 is 3.05 bits per heavy atom. The molecule has 5 nitrogen and oxygen atoms in total. The van der Waals surface area contributed by atoms with Crippen molar-refractivity contribution in [3.63, 3.8) is 0 Å². The SMILES string of the molecule is CN(CC=O)CCNC(=O)c1cc(Cl)c2c(c1)B(O)CC2. The molecule has 0 saturated carbocycles. The molecule has 0 spiro atoms. The minimum atomic E-state index is -0.538. The van der Waals surface area contributed by atoms with E-state index in [9.17, 15) is 14.6 Å². The summed E-state index contributed by atoms with van der Waals surface area (Å²) < 4.78 is 0. The lowest BCUT2D eigenvalue weighted by Crippen LogP contribution is -2.34. The van der Waals surface area contributed by atoms with Gasteiger partial charge in [-0.25, -0.2) is 0 Å². The Balaban J connectivity index is 1.99. The summed E-state index contributed by atoms with van der Waals surface area (Å²) in [5, 5.41) is 13.2. The number of nitrogens with one attached hydrogen (secondary N) is 1. The molecule has 0 radical (unpaired) electrons. The first kappa shape index (κ1) is 16.0. The van der Waals surface area contributed by atoms with E-state index in [4.69, 9.17) is 11.6 Å². The van der Waals surface area contributed by atoms with E-state index < -0.39 is 6.92 Å². The summed E-state index contributed by atoms with van der Waals surface area (Å²) in [7, 11) is 1.81. The molecule has 21 heavy (non-hydrogen) atoms. The fraction of sp³-hybridized carbons (Fsp3) is 0.429. The zero-order valence-corrected chi connectivity index (χ0v) is 12.7. The number of hydrogen-bond acceptors (Lipinski definition) is 4. The van der Waals surface area contributed by atoms with Gasteiger partial charge in [-0.05, 0) is 36.9 Å². The van der Waals surface area contributed by atoms with Gasteiger partial charge in [-0.3, -0.25) is 9.69 Å². The van der Waals surface area contributed by atoms with E-state index in [-0.39, 0.29) is 5.91 Å². The molecule has 0 unspecified atom stereocenters. The van der Waals surface area contributed by atoms with Crippen molar-refractivity contribution < 1.29 is 14.6 Å². The molecule has 0 atom stereocenters. The highest BCUT2D eigenvalue weighted by Gasteiger charge is 2.28. The monoisotopic (exact) mass is 308 g/mol. The van der Waals surface area contributed by atoms with E-state index >= 15 is 0 Å². The van der Waals surface area contributed by atoms with Crippen LogP contribution >= 0.6 is 11.6 Å². The third-order valence-electron chi connectivity index (χ3n) is 3.68. The minimum absolute atomic E-state index is 0.224. The quantitative estimate of drug-likeness (QED) is 0.571. The van der Waals surface area contributed by atoms with Gasteiger partial charge in [0.2, 0.25) is 0 Å². The summed E-state index contributed by atoms with van der Waals surface area (Å²) >= 11 is 6.17. The van der Waals surface area contributed by atoms with Crippen LogP contribution in [0.5, 0.6) is 0 Å². The van der Waals surface area contributed by atoms with E-state index in [2.05, 4.69) is 5.32 Å². The van der Waals surface area contributed by atoms with Crippen LogP contribution in [0.25, 0.3) is 0 Å². The third-order valence-corrected chi connectivity index (χ3v) is 4.02. The Morgan fingerprint density at radius 1 is 1.57 bits per heavy atom. The van der Waals surface area contributed by atoms with Crippen molar-refractivity contribution in [3.8, 4) is 0 Å². The van der Waals surface area contributed by atoms with Crippen molar-refractivity contribution in [3.05, 3.63) is 28.3 Å². The van der Waals surface area contributed by atoms with Crippen LogP contribution < -0.4 is 10.8 Å². The highest BCUT2D eigenvalue weighted by Crippen LogP contribution is 2.23. The van der Waals surface area contributed by atoms with Gasteiger partial charge >= 0.3 is 6.92 Å². The molecule has 1 aliphatic rings. The van der Waals surface area contributed by atoms with Crippen LogP contribution in [0.1, 0.15) is 15.9 Å². The third kappa shape index (κ3) is 3.84. The highest BCUT2D eigenvalue weighted by atomic mass is 35.5. The molecule has 2 N–H and O–H groups in total. The molecule has 0 bridgehead atoms. The summed E-state index contributed by atoms with van der Waals surface area (Å²) in [5.41, 5.74) is 2.15. The summed E-state index contributed by atoms with van der Waals surface area (Å²) in [6.07, 6.45) is 2.22. The topological polar surface area (TPSA) is 69.6 Å². The summed E-state index contributed by atoms with van der Waals surface area (Å²) in [4.78, 5) is 24.3. The van der Waals surface area contributed by atoms with Crippen molar-refractivity contribution in [2.75, 3.05) is 26.7 Å². The van der Waals surface area contributed by atoms with Gasteiger partial charge in [-0.15, -0.1) is 0 Å². The minimum Gasteiger partial charge on any atom is -0.446 e. The van der Waals surface area contributed by atoms with Crippen LogP contribution in [0.15, 0.2) is 12.1 Å². The molecule has 0 saturated heterocycles.